The molecule has 0 unspecified atom stereocenters. The maximum absolute atomic E-state index is 14.5. The zero-order valence-corrected chi connectivity index (χ0v) is 17.4. The van der Waals surface area contributed by atoms with Crippen molar-refractivity contribution in [2.24, 2.45) is 0 Å². The van der Waals surface area contributed by atoms with Crippen molar-refractivity contribution in [1.29, 1.82) is 0 Å². The Morgan fingerprint density at radius 3 is 2.69 bits per heavy atom. The zero-order chi connectivity index (χ0) is 22.8. The summed E-state index contributed by atoms with van der Waals surface area (Å²) in [6, 6.07) is 4.11. The third kappa shape index (κ3) is 4.41. The summed E-state index contributed by atoms with van der Waals surface area (Å²) in [4.78, 5) is 32.6. The smallest absolute Gasteiger partial charge is 0.411 e. The third-order valence-electron chi connectivity index (χ3n) is 4.35. The Labute approximate surface area is 181 Å². The molecule has 0 aliphatic heterocycles. The van der Waals surface area contributed by atoms with Gasteiger partial charge in [0.15, 0.2) is 0 Å². The van der Waals surface area contributed by atoms with E-state index in [9.17, 15) is 14.0 Å². The Balaban J connectivity index is 1.59. The molecule has 4 aromatic rings. The number of nitrogens with zero attached hydrogens (tertiary/aromatic N) is 4. The van der Waals surface area contributed by atoms with Crippen LogP contribution in [0.25, 0.3) is 17.0 Å². The summed E-state index contributed by atoms with van der Waals surface area (Å²) >= 11 is 0. The van der Waals surface area contributed by atoms with Gasteiger partial charge in [0.2, 0.25) is 11.5 Å². The topological polar surface area (TPSA) is 124 Å². The van der Waals surface area contributed by atoms with Crippen molar-refractivity contribution in [1.82, 2.24) is 19.5 Å². The van der Waals surface area contributed by atoms with Crippen LogP contribution in [0.1, 0.15) is 30.0 Å². The first-order chi connectivity index (χ1) is 15.3. The average molecular weight is 438 g/mol. The van der Waals surface area contributed by atoms with Crippen LogP contribution in [0.4, 0.5) is 20.6 Å². The van der Waals surface area contributed by atoms with E-state index in [1.807, 2.05) is 0 Å². The van der Waals surface area contributed by atoms with Gasteiger partial charge in [-0.2, -0.15) is 0 Å². The van der Waals surface area contributed by atoms with E-state index in [2.05, 4.69) is 25.8 Å². The van der Waals surface area contributed by atoms with Crippen molar-refractivity contribution >= 4 is 29.2 Å². The fourth-order valence-electron chi connectivity index (χ4n) is 2.94. The van der Waals surface area contributed by atoms with Crippen LogP contribution < -0.4 is 10.6 Å². The number of fused-ring (bicyclic) bond motifs is 1. The molecule has 2 N–H and O–H groups in total. The van der Waals surface area contributed by atoms with Crippen LogP contribution >= 0.6 is 0 Å². The average Bonchev–Trinajstić information content (AvgIpc) is 3.34. The van der Waals surface area contributed by atoms with Gasteiger partial charge in [0.1, 0.15) is 5.82 Å². The summed E-state index contributed by atoms with van der Waals surface area (Å²) in [5, 5.41) is 8.80. The maximum atomic E-state index is 14.5. The number of halogens is 1. The van der Waals surface area contributed by atoms with Crippen LogP contribution in [-0.4, -0.2) is 37.6 Å². The van der Waals surface area contributed by atoms with Crippen molar-refractivity contribution in [2.75, 3.05) is 10.6 Å². The Bertz CT molecular complexity index is 1310. The van der Waals surface area contributed by atoms with Crippen LogP contribution in [0, 0.1) is 12.7 Å². The number of ether oxygens (including phenoxy) is 1. The van der Waals surface area contributed by atoms with Gasteiger partial charge in [0.05, 0.1) is 29.9 Å². The van der Waals surface area contributed by atoms with Crippen molar-refractivity contribution in [3.63, 3.8) is 0 Å². The number of amides is 2. The predicted octanol–water partition coefficient (Wildman–Crippen LogP) is 4.04. The Hall–Kier alpha value is -4.28. The lowest BCUT2D eigenvalue weighted by Crippen LogP contribution is -2.18. The monoisotopic (exact) mass is 438 g/mol. The van der Waals surface area contributed by atoms with Gasteiger partial charge in [-0.25, -0.2) is 19.2 Å². The number of imidazole rings is 1. The largest absolute Gasteiger partial charge is 0.447 e. The molecule has 10 nitrogen and oxygen atoms in total. The minimum absolute atomic E-state index is 0.0730. The summed E-state index contributed by atoms with van der Waals surface area (Å²) < 4.78 is 26.1. The van der Waals surface area contributed by atoms with Crippen LogP contribution in [0.3, 0.4) is 0 Å². The number of hydrogen-bond acceptors (Lipinski definition) is 7. The molecule has 0 aliphatic carbocycles. The number of carbonyl (C=O) groups excluding carboxylic acids is 2. The van der Waals surface area contributed by atoms with E-state index in [-0.39, 0.29) is 17.4 Å². The van der Waals surface area contributed by atoms with Gasteiger partial charge in [0.25, 0.3) is 5.91 Å². The first kappa shape index (κ1) is 21.0. The standard InChI is InChI=1S/C21H19FN6O4/c1-11(2)31-21(30)26-14-8-23-20-27-17(10-28(20)9-14)15-6-13(4-5-16(15)22)25-19(29)18-12(3)7-24-32-18/h4-11H,1-3H3,(H,25,29)(H,26,30). The van der Waals surface area contributed by atoms with E-state index in [4.69, 9.17) is 9.26 Å². The molecule has 32 heavy (non-hydrogen) atoms. The maximum Gasteiger partial charge on any atom is 0.411 e. The molecule has 0 fully saturated rings. The Morgan fingerprint density at radius 1 is 1.16 bits per heavy atom. The highest BCUT2D eigenvalue weighted by atomic mass is 19.1. The quantitative estimate of drug-likeness (QED) is 0.482. The summed E-state index contributed by atoms with van der Waals surface area (Å²) in [5.74, 6) is -0.655. The molecule has 0 saturated carbocycles. The lowest BCUT2D eigenvalue weighted by molar-refractivity contribution is 0.0987. The SMILES string of the molecule is Cc1cnoc1C(=O)Nc1ccc(F)c(-c2cn3cc(NC(=O)OC(C)C)cnc3n2)c1. The first-order valence-corrected chi connectivity index (χ1v) is 9.65. The molecule has 3 aromatic heterocycles. The molecule has 2 amide bonds. The lowest BCUT2D eigenvalue weighted by Gasteiger charge is -2.09. The van der Waals surface area contributed by atoms with Crippen molar-refractivity contribution in [3.8, 4) is 11.3 Å². The van der Waals surface area contributed by atoms with Gasteiger partial charge < -0.3 is 14.6 Å². The minimum Gasteiger partial charge on any atom is -0.447 e. The van der Waals surface area contributed by atoms with Crippen molar-refractivity contribution < 1.29 is 23.2 Å². The van der Waals surface area contributed by atoms with E-state index >= 15 is 0 Å². The van der Waals surface area contributed by atoms with E-state index in [1.165, 1.54) is 30.6 Å². The fraction of sp³-hybridized carbons (Fsp3) is 0.190. The molecule has 0 spiro atoms. The summed E-state index contributed by atoms with van der Waals surface area (Å²) in [5.41, 5.74) is 1.78. The molecule has 3 heterocycles. The van der Waals surface area contributed by atoms with E-state index in [0.717, 1.165) is 0 Å². The van der Waals surface area contributed by atoms with Crippen molar-refractivity contribution in [2.45, 2.75) is 26.9 Å². The van der Waals surface area contributed by atoms with Gasteiger partial charge in [-0.05, 0) is 39.0 Å². The number of aromatic nitrogens is 4. The van der Waals surface area contributed by atoms with E-state index < -0.39 is 17.8 Å². The Kier molecular flexibility index (Phi) is 5.54. The molecule has 11 heteroatoms. The number of hydrogen-bond donors (Lipinski definition) is 2. The second kappa shape index (κ2) is 8.46. The zero-order valence-electron chi connectivity index (χ0n) is 17.4. The molecular weight excluding hydrogens is 419 g/mol. The van der Waals surface area contributed by atoms with Crippen LogP contribution in [0.2, 0.25) is 0 Å². The highest BCUT2D eigenvalue weighted by Crippen LogP contribution is 2.26. The fourth-order valence-corrected chi connectivity index (χ4v) is 2.94. The number of benzene rings is 1. The minimum atomic E-state index is -0.613. The second-order valence-corrected chi connectivity index (χ2v) is 7.24. The normalized spacial score (nSPS) is 11.0. The number of nitrogens with one attached hydrogen (secondary N) is 2. The Morgan fingerprint density at radius 2 is 1.97 bits per heavy atom. The number of aryl methyl sites for hydroxylation is 1. The molecule has 0 atom stereocenters. The van der Waals surface area contributed by atoms with Gasteiger partial charge in [-0.15, -0.1) is 0 Å². The second-order valence-electron chi connectivity index (χ2n) is 7.24. The molecule has 1 aromatic carbocycles. The lowest BCUT2D eigenvalue weighted by atomic mass is 10.1. The summed E-state index contributed by atoms with van der Waals surface area (Å²) in [7, 11) is 0. The highest BCUT2D eigenvalue weighted by molar-refractivity contribution is 6.03. The third-order valence-corrected chi connectivity index (χ3v) is 4.35. The van der Waals surface area contributed by atoms with Crippen molar-refractivity contribution in [3.05, 3.63) is 60.1 Å². The highest BCUT2D eigenvalue weighted by Gasteiger charge is 2.17. The van der Waals surface area contributed by atoms with Gasteiger partial charge in [-0.3, -0.25) is 14.5 Å². The molecule has 0 saturated heterocycles. The van der Waals surface area contributed by atoms with Gasteiger partial charge in [0, 0.05) is 29.2 Å². The van der Waals surface area contributed by atoms with Crippen LogP contribution in [-0.2, 0) is 4.74 Å². The molecule has 0 radical (unpaired) electrons. The van der Waals surface area contributed by atoms with Crippen LogP contribution in [0.5, 0.6) is 0 Å². The molecule has 4 rings (SSSR count). The summed E-state index contributed by atoms with van der Waals surface area (Å²) in [6.45, 7) is 5.17. The van der Waals surface area contributed by atoms with E-state index in [0.29, 0.717) is 28.4 Å². The van der Waals surface area contributed by atoms with Crippen LogP contribution in [0.15, 0.2) is 47.5 Å². The predicted molar refractivity (Wildman–Crippen MR) is 113 cm³/mol. The summed E-state index contributed by atoms with van der Waals surface area (Å²) in [6.07, 6.45) is 5.11. The van der Waals surface area contributed by atoms with Gasteiger partial charge >= 0.3 is 6.09 Å². The number of carbonyl (C=O) groups is 2. The number of anilines is 2. The van der Waals surface area contributed by atoms with E-state index in [1.54, 1.807) is 37.6 Å². The molecule has 0 bridgehead atoms. The number of rotatable bonds is 5. The molecule has 0 aliphatic rings. The molecule has 164 valence electrons. The van der Waals surface area contributed by atoms with Gasteiger partial charge in [-0.1, -0.05) is 5.16 Å². The first-order valence-electron chi connectivity index (χ1n) is 9.65. The molecular formula is C21H19FN6O4.